The summed E-state index contributed by atoms with van der Waals surface area (Å²) in [5.74, 6) is -1.89. The fraction of sp³-hybridized carbons (Fsp3) is 0.154. The topological polar surface area (TPSA) is 48.1 Å². The smallest absolute Gasteiger partial charge is 0.198 e. The maximum Gasteiger partial charge on any atom is 0.198 e. The van der Waals surface area contributed by atoms with Crippen molar-refractivity contribution in [1.82, 2.24) is 4.98 Å². The quantitative estimate of drug-likeness (QED) is 0.937. The zero-order chi connectivity index (χ0) is 13.8. The molecule has 1 aromatic heterocycles. The molecule has 0 spiro atoms. The third-order valence-corrected chi connectivity index (χ3v) is 2.60. The van der Waals surface area contributed by atoms with Gasteiger partial charge in [0.05, 0.1) is 11.2 Å². The number of pyridine rings is 1. The van der Waals surface area contributed by atoms with Gasteiger partial charge in [0.25, 0.3) is 0 Å². The first-order chi connectivity index (χ1) is 9.10. The van der Waals surface area contributed by atoms with Gasteiger partial charge in [0, 0.05) is 12.3 Å². The minimum atomic E-state index is -0.788. The first-order valence-corrected chi connectivity index (χ1v) is 5.94. The van der Waals surface area contributed by atoms with Gasteiger partial charge in [-0.05, 0) is 30.7 Å². The minimum Gasteiger partial charge on any atom is -0.449 e. The molecule has 0 saturated carbocycles. The van der Waals surface area contributed by atoms with Gasteiger partial charge in [-0.15, -0.1) is 0 Å². The van der Waals surface area contributed by atoms with Crippen LogP contribution in [0.3, 0.4) is 0 Å². The van der Waals surface area contributed by atoms with Crippen LogP contribution in [0.4, 0.5) is 8.78 Å². The maximum absolute atomic E-state index is 13.8. The van der Waals surface area contributed by atoms with Gasteiger partial charge in [0.1, 0.15) is 5.75 Å². The van der Waals surface area contributed by atoms with E-state index in [0.29, 0.717) is 23.6 Å². The first-order valence-electron chi connectivity index (χ1n) is 5.56. The highest BCUT2D eigenvalue weighted by atomic mass is 35.5. The van der Waals surface area contributed by atoms with E-state index in [-0.39, 0.29) is 5.75 Å². The Bertz CT molecular complexity index is 570. The largest absolute Gasteiger partial charge is 0.449 e. The molecule has 1 heterocycles. The Kier molecular flexibility index (Phi) is 4.29. The molecule has 19 heavy (non-hydrogen) atoms. The van der Waals surface area contributed by atoms with Gasteiger partial charge in [-0.2, -0.15) is 0 Å². The van der Waals surface area contributed by atoms with Crippen LogP contribution in [0.1, 0.15) is 5.56 Å². The van der Waals surface area contributed by atoms with Crippen LogP contribution in [0.2, 0.25) is 5.02 Å². The number of benzene rings is 1. The molecule has 0 aliphatic heterocycles. The van der Waals surface area contributed by atoms with E-state index in [2.05, 4.69) is 4.98 Å². The lowest BCUT2D eigenvalue weighted by atomic mass is 10.1. The van der Waals surface area contributed by atoms with E-state index in [4.69, 9.17) is 22.1 Å². The van der Waals surface area contributed by atoms with Crippen LogP contribution >= 0.6 is 11.6 Å². The Morgan fingerprint density at radius 3 is 2.42 bits per heavy atom. The van der Waals surface area contributed by atoms with Crippen molar-refractivity contribution >= 4 is 11.6 Å². The van der Waals surface area contributed by atoms with Crippen molar-refractivity contribution in [2.75, 3.05) is 6.54 Å². The standard InChI is InChI=1S/C13H11ClF2N2O/c14-9-5-10(7-18-6-9)19-13-11(15)3-8(1-2-17)4-12(13)16/h3-7H,1-2,17H2. The molecule has 0 aliphatic carbocycles. The fourth-order valence-corrected chi connectivity index (χ4v) is 1.75. The molecule has 2 aromatic rings. The molecule has 1 aromatic carbocycles. The Balaban J connectivity index is 2.30. The van der Waals surface area contributed by atoms with Crippen LogP contribution < -0.4 is 10.5 Å². The molecular weight excluding hydrogens is 274 g/mol. The molecule has 6 heteroatoms. The van der Waals surface area contributed by atoms with Crippen LogP contribution in [-0.2, 0) is 6.42 Å². The number of rotatable bonds is 4. The van der Waals surface area contributed by atoms with Crippen molar-refractivity contribution in [2.45, 2.75) is 6.42 Å². The molecule has 100 valence electrons. The lowest BCUT2D eigenvalue weighted by molar-refractivity contribution is 0.405. The van der Waals surface area contributed by atoms with Gasteiger partial charge < -0.3 is 10.5 Å². The lowest BCUT2D eigenvalue weighted by Gasteiger charge is -2.09. The van der Waals surface area contributed by atoms with E-state index in [1.807, 2.05) is 0 Å². The highest BCUT2D eigenvalue weighted by Crippen LogP contribution is 2.29. The summed E-state index contributed by atoms with van der Waals surface area (Å²) in [6.07, 6.45) is 3.11. The number of ether oxygens (including phenoxy) is 1. The predicted octanol–water partition coefficient (Wildman–Crippen LogP) is 3.31. The van der Waals surface area contributed by atoms with Gasteiger partial charge in [0.2, 0.25) is 0 Å². The highest BCUT2D eigenvalue weighted by molar-refractivity contribution is 6.30. The minimum absolute atomic E-state index is 0.164. The lowest BCUT2D eigenvalue weighted by Crippen LogP contribution is -2.04. The molecule has 0 bridgehead atoms. The van der Waals surface area contributed by atoms with Crippen molar-refractivity contribution < 1.29 is 13.5 Å². The zero-order valence-corrected chi connectivity index (χ0v) is 10.6. The molecule has 0 amide bonds. The first kappa shape index (κ1) is 13.7. The van der Waals surface area contributed by atoms with E-state index in [9.17, 15) is 8.78 Å². The van der Waals surface area contributed by atoms with Crippen molar-refractivity contribution in [1.29, 1.82) is 0 Å². The summed E-state index contributed by atoms with van der Waals surface area (Å²) in [4.78, 5) is 3.77. The van der Waals surface area contributed by atoms with Gasteiger partial charge >= 0.3 is 0 Å². The van der Waals surface area contributed by atoms with Crippen LogP contribution in [0, 0.1) is 11.6 Å². The Labute approximate surface area is 114 Å². The third kappa shape index (κ3) is 3.39. The Morgan fingerprint density at radius 1 is 1.16 bits per heavy atom. The van der Waals surface area contributed by atoms with Gasteiger partial charge in [-0.3, -0.25) is 4.98 Å². The van der Waals surface area contributed by atoms with Crippen LogP contribution in [0.5, 0.6) is 11.5 Å². The number of nitrogens with two attached hydrogens (primary N) is 1. The van der Waals surface area contributed by atoms with E-state index in [1.54, 1.807) is 0 Å². The summed E-state index contributed by atoms with van der Waals surface area (Å²) >= 11 is 5.71. The summed E-state index contributed by atoms with van der Waals surface area (Å²) in [6.45, 7) is 0.317. The fourth-order valence-electron chi connectivity index (χ4n) is 1.59. The average Bonchev–Trinajstić information content (AvgIpc) is 2.34. The molecule has 0 atom stereocenters. The van der Waals surface area contributed by atoms with Crippen molar-refractivity contribution in [3.63, 3.8) is 0 Å². The summed E-state index contributed by atoms with van der Waals surface area (Å²) in [5.41, 5.74) is 5.82. The summed E-state index contributed by atoms with van der Waals surface area (Å²) in [6, 6.07) is 3.81. The summed E-state index contributed by atoms with van der Waals surface area (Å²) in [5, 5.41) is 0.318. The molecule has 0 radical (unpaired) electrons. The Hall–Kier alpha value is -1.72. The van der Waals surface area contributed by atoms with Crippen molar-refractivity contribution in [2.24, 2.45) is 5.73 Å². The predicted molar refractivity (Wildman–Crippen MR) is 68.4 cm³/mol. The monoisotopic (exact) mass is 284 g/mol. The van der Waals surface area contributed by atoms with Crippen LogP contribution in [0.25, 0.3) is 0 Å². The number of hydrogen-bond acceptors (Lipinski definition) is 3. The summed E-state index contributed by atoms with van der Waals surface area (Å²) in [7, 11) is 0. The SMILES string of the molecule is NCCc1cc(F)c(Oc2cncc(Cl)c2)c(F)c1. The zero-order valence-electron chi connectivity index (χ0n) is 9.87. The van der Waals surface area contributed by atoms with E-state index in [0.717, 1.165) is 0 Å². The number of hydrogen-bond donors (Lipinski definition) is 1. The second kappa shape index (κ2) is 5.95. The van der Waals surface area contributed by atoms with Gasteiger partial charge in [-0.1, -0.05) is 11.6 Å². The summed E-state index contributed by atoms with van der Waals surface area (Å²) < 4.78 is 32.6. The normalized spacial score (nSPS) is 10.5. The van der Waals surface area contributed by atoms with E-state index in [1.165, 1.54) is 30.6 Å². The van der Waals surface area contributed by atoms with Gasteiger partial charge in [0.15, 0.2) is 17.4 Å². The van der Waals surface area contributed by atoms with Crippen LogP contribution in [-0.4, -0.2) is 11.5 Å². The van der Waals surface area contributed by atoms with Crippen molar-refractivity contribution in [3.05, 3.63) is 52.8 Å². The molecular formula is C13H11ClF2N2O. The molecule has 3 nitrogen and oxygen atoms in total. The third-order valence-electron chi connectivity index (χ3n) is 2.39. The van der Waals surface area contributed by atoms with Crippen molar-refractivity contribution in [3.8, 4) is 11.5 Å². The molecule has 0 unspecified atom stereocenters. The second-order valence-electron chi connectivity index (χ2n) is 3.87. The highest BCUT2D eigenvalue weighted by Gasteiger charge is 2.13. The second-order valence-corrected chi connectivity index (χ2v) is 4.30. The molecule has 0 fully saturated rings. The number of halogens is 3. The molecule has 2 rings (SSSR count). The number of aromatic nitrogens is 1. The van der Waals surface area contributed by atoms with E-state index >= 15 is 0 Å². The molecule has 2 N–H and O–H groups in total. The van der Waals surface area contributed by atoms with Crippen LogP contribution in [0.15, 0.2) is 30.6 Å². The number of nitrogens with zero attached hydrogens (tertiary/aromatic N) is 1. The van der Waals surface area contributed by atoms with Gasteiger partial charge in [-0.25, -0.2) is 8.78 Å². The Morgan fingerprint density at radius 2 is 1.84 bits per heavy atom. The average molecular weight is 285 g/mol. The van der Waals surface area contributed by atoms with E-state index < -0.39 is 17.4 Å². The maximum atomic E-state index is 13.8. The molecule has 0 aliphatic rings. The molecule has 0 saturated heterocycles.